The van der Waals surface area contributed by atoms with Crippen molar-refractivity contribution in [2.24, 2.45) is 0 Å². The lowest BCUT2D eigenvalue weighted by molar-refractivity contribution is 0.00328. The van der Waals surface area contributed by atoms with Gasteiger partial charge >= 0.3 is 0 Å². The number of nitrogens with zero attached hydrogens (tertiary/aromatic N) is 2. The molecule has 1 saturated heterocycles. The molecule has 1 aliphatic rings. The average Bonchev–Trinajstić information content (AvgIpc) is 2.90. The van der Waals surface area contributed by atoms with Crippen molar-refractivity contribution < 1.29 is 14.2 Å². The number of aryl methyl sites for hydroxylation is 1. The van der Waals surface area contributed by atoms with E-state index in [1.165, 1.54) is 12.3 Å². The summed E-state index contributed by atoms with van der Waals surface area (Å²) >= 11 is 0. The number of hydrogen-bond acceptors (Lipinski definition) is 4. The van der Waals surface area contributed by atoms with Crippen LogP contribution in [0, 0.1) is 12.7 Å². The molecule has 0 radical (unpaired) electrons. The van der Waals surface area contributed by atoms with Crippen molar-refractivity contribution in [1.82, 2.24) is 9.88 Å². The highest BCUT2D eigenvalue weighted by Gasteiger charge is 2.36. The highest BCUT2D eigenvalue weighted by molar-refractivity contribution is 5.27. The molecule has 5 heteroatoms. The SMILES string of the molecule is Cc1cccc(OCC2(O)CCN(Cc3ccc(F)cn3)C2)c1. The van der Waals surface area contributed by atoms with Crippen LogP contribution in [0.25, 0.3) is 0 Å². The van der Waals surface area contributed by atoms with Gasteiger partial charge < -0.3 is 9.84 Å². The van der Waals surface area contributed by atoms with Gasteiger partial charge in [0.15, 0.2) is 0 Å². The zero-order chi connectivity index (χ0) is 16.3. The minimum absolute atomic E-state index is 0.268. The molecule has 2 heterocycles. The summed E-state index contributed by atoms with van der Waals surface area (Å²) in [7, 11) is 0. The fourth-order valence-electron chi connectivity index (χ4n) is 2.85. The van der Waals surface area contributed by atoms with Gasteiger partial charge in [0.25, 0.3) is 0 Å². The van der Waals surface area contributed by atoms with Gasteiger partial charge in [-0.25, -0.2) is 4.39 Å². The molecule has 0 saturated carbocycles. The average molecular weight is 316 g/mol. The number of ether oxygens (including phenoxy) is 1. The van der Waals surface area contributed by atoms with Crippen LogP contribution < -0.4 is 4.74 Å². The summed E-state index contributed by atoms with van der Waals surface area (Å²) in [5, 5.41) is 10.7. The van der Waals surface area contributed by atoms with Crippen molar-refractivity contribution in [2.75, 3.05) is 19.7 Å². The molecule has 2 aromatic rings. The van der Waals surface area contributed by atoms with E-state index in [-0.39, 0.29) is 12.4 Å². The van der Waals surface area contributed by atoms with Crippen LogP contribution in [0.2, 0.25) is 0 Å². The summed E-state index contributed by atoms with van der Waals surface area (Å²) in [6.07, 6.45) is 1.87. The van der Waals surface area contributed by atoms with Crippen molar-refractivity contribution in [3.63, 3.8) is 0 Å². The molecule has 1 aromatic heterocycles. The molecule has 4 nitrogen and oxygen atoms in total. The molecule has 122 valence electrons. The number of rotatable bonds is 5. The topological polar surface area (TPSA) is 45.6 Å². The lowest BCUT2D eigenvalue weighted by Gasteiger charge is -2.23. The number of aliphatic hydroxyl groups is 1. The Hall–Kier alpha value is -1.98. The van der Waals surface area contributed by atoms with E-state index in [2.05, 4.69) is 9.88 Å². The van der Waals surface area contributed by atoms with Crippen molar-refractivity contribution >= 4 is 0 Å². The summed E-state index contributed by atoms with van der Waals surface area (Å²) < 4.78 is 18.6. The number of benzene rings is 1. The van der Waals surface area contributed by atoms with E-state index in [1.807, 2.05) is 31.2 Å². The molecule has 3 rings (SSSR count). The smallest absolute Gasteiger partial charge is 0.141 e. The maximum atomic E-state index is 12.9. The zero-order valence-corrected chi connectivity index (χ0v) is 13.2. The monoisotopic (exact) mass is 316 g/mol. The van der Waals surface area contributed by atoms with Crippen molar-refractivity contribution in [3.8, 4) is 5.75 Å². The fraction of sp³-hybridized carbons (Fsp3) is 0.389. The van der Waals surface area contributed by atoms with E-state index in [4.69, 9.17) is 4.74 Å². The fourth-order valence-corrected chi connectivity index (χ4v) is 2.85. The van der Waals surface area contributed by atoms with Crippen LogP contribution >= 0.6 is 0 Å². The zero-order valence-electron chi connectivity index (χ0n) is 13.2. The largest absolute Gasteiger partial charge is 0.491 e. The predicted molar refractivity (Wildman–Crippen MR) is 85.7 cm³/mol. The Labute approximate surface area is 135 Å². The van der Waals surface area contributed by atoms with Crippen molar-refractivity contribution in [2.45, 2.75) is 25.5 Å². The van der Waals surface area contributed by atoms with Gasteiger partial charge in [-0.3, -0.25) is 9.88 Å². The van der Waals surface area contributed by atoms with Crippen LogP contribution in [0.1, 0.15) is 17.7 Å². The second kappa shape index (κ2) is 6.64. The normalized spacial score (nSPS) is 21.5. The Morgan fingerprint density at radius 2 is 2.22 bits per heavy atom. The van der Waals surface area contributed by atoms with E-state index in [0.29, 0.717) is 19.5 Å². The minimum atomic E-state index is -0.857. The molecular weight excluding hydrogens is 295 g/mol. The van der Waals surface area contributed by atoms with E-state index in [9.17, 15) is 9.50 Å². The quantitative estimate of drug-likeness (QED) is 0.921. The van der Waals surface area contributed by atoms with Gasteiger partial charge in [0.2, 0.25) is 0 Å². The third-order valence-electron chi connectivity index (χ3n) is 4.08. The maximum Gasteiger partial charge on any atom is 0.141 e. The number of hydrogen-bond donors (Lipinski definition) is 1. The summed E-state index contributed by atoms with van der Waals surface area (Å²) in [6, 6.07) is 10.9. The second-order valence-corrected chi connectivity index (χ2v) is 6.26. The Bertz CT molecular complexity index is 662. The number of halogens is 1. The van der Waals surface area contributed by atoms with Crippen LogP contribution in [0.5, 0.6) is 5.75 Å². The number of β-amino-alcohol motifs (C(OH)–C–C–N with tert-alkyl or cyclic N) is 1. The van der Waals surface area contributed by atoms with Gasteiger partial charge in [-0.1, -0.05) is 12.1 Å². The van der Waals surface area contributed by atoms with E-state index >= 15 is 0 Å². The van der Waals surface area contributed by atoms with Crippen molar-refractivity contribution in [1.29, 1.82) is 0 Å². The standard InChI is InChI=1S/C18H21FN2O2/c1-14-3-2-4-17(9-14)23-13-18(22)7-8-21(12-18)11-16-6-5-15(19)10-20-16/h2-6,9-10,22H,7-8,11-13H2,1H3. The molecule has 1 N–H and O–H groups in total. The third kappa shape index (κ3) is 4.27. The van der Waals surface area contributed by atoms with E-state index < -0.39 is 5.60 Å². The molecule has 1 aliphatic heterocycles. The molecule has 1 fully saturated rings. The molecule has 1 unspecified atom stereocenters. The summed E-state index contributed by atoms with van der Waals surface area (Å²) in [4.78, 5) is 6.17. The van der Waals surface area contributed by atoms with Gasteiger partial charge in [-0.15, -0.1) is 0 Å². The van der Waals surface area contributed by atoms with Gasteiger partial charge in [0.05, 0.1) is 11.9 Å². The molecule has 1 atom stereocenters. The summed E-state index contributed by atoms with van der Waals surface area (Å²) in [6.45, 7) is 4.18. The lowest BCUT2D eigenvalue weighted by atomic mass is 10.1. The van der Waals surface area contributed by atoms with Crippen LogP contribution in [0.4, 0.5) is 4.39 Å². The van der Waals surface area contributed by atoms with Gasteiger partial charge in [0.1, 0.15) is 23.8 Å². The molecule has 0 spiro atoms. The Morgan fingerprint density at radius 3 is 2.96 bits per heavy atom. The highest BCUT2D eigenvalue weighted by atomic mass is 19.1. The molecule has 1 aromatic carbocycles. The third-order valence-corrected chi connectivity index (χ3v) is 4.08. The number of aromatic nitrogens is 1. The lowest BCUT2D eigenvalue weighted by Crippen LogP contribution is -2.39. The number of likely N-dealkylation sites (tertiary alicyclic amines) is 1. The highest BCUT2D eigenvalue weighted by Crippen LogP contribution is 2.24. The first kappa shape index (κ1) is 15.9. The van der Waals surface area contributed by atoms with E-state index in [0.717, 1.165) is 23.6 Å². The Kier molecular flexibility index (Phi) is 4.59. The summed E-state index contributed by atoms with van der Waals surface area (Å²) in [5.41, 5.74) is 1.07. The van der Waals surface area contributed by atoms with Gasteiger partial charge in [-0.2, -0.15) is 0 Å². The summed E-state index contributed by atoms with van der Waals surface area (Å²) in [5.74, 6) is 0.440. The first-order chi connectivity index (χ1) is 11.0. The van der Waals surface area contributed by atoms with Gasteiger partial charge in [-0.05, 0) is 43.2 Å². The maximum absolute atomic E-state index is 12.9. The van der Waals surface area contributed by atoms with Crippen LogP contribution in [0.15, 0.2) is 42.6 Å². The van der Waals surface area contributed by atoms with Gasteiger partial charge in [0, 0.05) is 19.6 Å². The molecule has 23 heavy (non-hydrogen) atoms. The van der Waals surface area contributed by atoms with E-state index in [1.54, 1.807) is 6.07 Å². The van der Waals surface area contributed by atoms with Crippen LogP contribution in [-0.4, -0.2) is 40.3 Å². The molecular formula is C18H21FN2O2. The van der Waals surface area contributed by atoms with Crippen LogP contribution in [0.3, 0.4) is 0 Å². The predicted octanol–water partition coefficient (Wildman–Crippen LogP) is 2.54. The van der Waals surface area contributed by atoms with Crippen LogP contribution in [-0.2, 0) is 6.54 Å². The molecule has 0 bridgehead atoms. The first-order valence-electron chi connectivity index (χ1n) is 7.77. The minimum Gasteiger partial charge on any atom is -0.491 e. The number of pyridine rings is 1. The molecule has 0 aliphatic carbocycles. The second-order valence-electron chi connectivity index (χ2n) is 6.26. The first-order valence-corrected chi connectivity index (χ1v) is 7.77. The Balaban J connectivity index is 1.54. The molecule has 0 amide bonds. The Morgan fingerprint density at radius 1 is 1.35 bits per heavy atom. The van der Waals surface area contributed by atoms with Crippen molar-refractivity contribution in [3.05, 3.63) is 59.7 Å².